The summed E-state index contributed by atoms with van der Waals surface area (Å²) >= 11 is 12.7. The molecule has 2 N–H and O–H groups in total. The van der Waals surface area contributed by atoms with Gasteiger partial charge < -0.3 is 15.0 Å². The zero-order valence-corrected chi connectivity index (χ0v) is 17.8. The van der Waals surface area contributed by atoms with Gasteiger partial charge in [0.25, 0.3) is 0 Å². The molecule has 0 aliphatic rings. The number of rotatable bonds is 3. The monoisotopic (exact) mass is 426 g/mol. The molecular formula is C22H20Cl2N4O. The minimum absolute atomic E-state index is 0.181. The molecule has 2 heterocycles. The maximum atomic E-state index is 6.64. The van der Waals surface area contributed by atoms with Gasteiger partial charge >= 0.3 is 0 Å². The van der Waals surface area contributed by atoms with Crippen molar-refractivity contribution < 1.29 is 4.74 Å². The Balaban J connectivity index is 1.80. The predicted molar refractivity (Wildman–Crippen MR) is 119 cm³/mol. The fourth-order valence-electron chi connectivity index (χ4n) is 3.25. The Kier molecular flexibility index (Phi) is 4.89. The summed E-state index contributed by atoms with van der Waals surface area (Å²) in [5.74, 6) is 1.68. The summed E-state index contributed by atoms with van der Waals surface area (Å²) in [6.45, 7) is 6.33. The van der Waals surface area contributed by atoms with Crippen LogP contribution in [0.3, 0.4) is 0 Å². The van der Waals surface area contributed by atoms with E-state index in [1.807, 2.05) is 30.5 Å². The minimum atomic E-state index is -0.181. The highest BCUT2D eigenvalue weighted by Gasteiger charge is 2.23. The molecule has 0 fully saturated rings. The van der Waals surface area contributed by atoms with Crippen molar-refractivity contribution in [3.8, 4) is 22.6 Å². The van der Waals surface area contributed by atoms with Crippen LogP contribution in [-0.2, 0) is 5.54 Å². The van der Waals surface area contributed by atoms with Gasteiger partial charge in [0.15, 0.2) is 0 Å². The summed E-state index contributed by atoms with van der Waals surface area (Å²) in [5, 5.41) is 1.93. The second kappa shape index (κ2) is 7.25. The van der Waals surface area contributed by atoms with E-state index >= 15 is 0 Å². The normalized spacial score (nSPS) is 11.8. The van der Waals surface area contributed by atoms with E-state index in [0.29, 0.717) is 27.4 Å². The molecule has 148 valence electrons. The lowest BCUT2D eigenvalue weighted by Gasteiger charge is -2.21. The molecule has 4 aromatic rings. The highest BCUT2D eigenvalue weighted by Crippen LogP contribution is 2.40. The molecule has 0 spiro atoms. The number of hydrogen-bond donors (Lipinski definition) is 1. The van der Waals surface area contributed by atoms with Crippen LogP contribution in [-0.4, -0.2) is 14.5 Å². The van der Waals surface area contributed by atoms with Crippen molar-refractivity contribution in [3.05, 3.63) is 65.0 Å². The first kappa shape index (κ1) is 19.6. The van der Waals surface area contributed by atoms with E-state index in [4.69, 9.17) is 33.7 Å². The molecule has 0 amide bonds. The number of anilines is 1. The van der Waals surface area contributed by atoms with Gasteiger partial charge in [-0.1, -0.05) is 29.3 Å². The first-order chi connectivity index (χ1) is 13.7. The summed E-state index contributed by atoms with van der Waals surface area (Å²) in [6.07, 6.45) is 3.50. The molecule has 2 aromatic carbocycles. The van der Waals surface area contributed by atoms with Gasteiger partial charge in [0.05, 0.1) is 10.4 Å². The lowest BCUT2D eigenvalue weighted by Crippen LogP contribution is -2.21. The molecule has 0 unspecified atom stereocenters. The van der Waals surface area contributed by atoms with Gasteiger partial charge in [-0.15, -0.1) is 0 Å². The van der Waals surface area contributed by atoms with Crippen LogP contribution in [0.4, 0.5) is 5.82 Å². The number of ether oxygens (including phenoxy) is 1. The summed E-state index contributed by atoms with van der Waals surface area (Å²) in [5.41, 5.74) is 8.51. The van der Waals surface area contributed by atoms with Gasteiger partial charge in [-0.2, -0.15) is 0 Å². The quantitative estimate of drug-likeness (QED) is 0.403. The van der Waals surface area contributed by atoms with Gasteiger partial charge in [-0.3, -0.25) is 0 Å². The summed E-state index contributed by atoms with van der Waals surface area (Å²) in [6, 6.07) is 12.8. The second-order valence-corrected chi connectivity index (χ2v) is 8.59. The fraction of sp³-hybridized carbons (Fsp3) is 0.182. The van der Waals surface area contributed by atoms with Crippen LogP contribution in [0.25, 0.3) is 22.2 Å². The van der Waals surface area contributed by atoms with E-state index in [2.05, 4.69) is 35.3 Å². The fourth-order valence-corrected chi connectivity index (χ4v) is 3.70. The maximum Gasteiger partial charge on any atom is 0.146 e. The van der Waals surface area contributed by atoms with Gasteiger partial charge in [0, 0.05) is 34.0 Å². The van der Waals surface area contributed by atoms with E-state index in [-0.39, 0.29) is 5.54 Å². The molecule has 0 aliphatic carbocycles. The van der Waals surface area contributed by atoms with E-state index in [0.717, 1.165) is 22.2 Å². The lowest BCUT2D eigenvalue weighted by atomic mass is 10.1. The lowest BCUT2D eigenvalue weighted by molar-refractivity contribution is 0.408. The van der Waals surface area contributed by atoms with E-state index in [9.17, 15) is 0 Å². The molecule has 0 bridgehead atoms. The van der Waals surface area contributed by atoms with Gasteiger partial charge in [-0.05, 0) is 51.1 Å². The van der Waals surface area contributed by atoms with Gasteiger partial charge in [0.2, 0.25) is 0 Å². The Morgan fingerprint density at radius 2 is 1.72 bits per heavy atom. The van der Waals surface area contributed by atoms with Crippen LogP contribution in [0.15, 0.2) is 55.0 Å². The molecule has 29 heavy (non-hydrogen) atoms. The summed E-state index contributed by atoms with van der Waals surface area (Å²) in [4.78, 5) is 8.63. The van der Waals surface area contributed by atoms with Crippen molar-refractivity contribution in [2.45, 2.75) is 26.3 Å². The van der Waals surface area contributed by atoms with Crippen LogP contribution < -0.4 is 10.5 Å². The molecule has 5 nitrogen and oxygen atoms in total. The van der Waals surface area contributed by atoms with Gasteiger partial charge in [-0.25, -0.2) is 9.97 Å². The molecule has 0 saturated heterocycles. The van der Waals surface area contributed by atoms with E-state index < -0.39 is 0 Å². The number of nitrogen functional groups attached to an aromatic ring is 1. The molecule has 2 aromatic heterocycles. The highest BCUT2D eigenvalue weighted by molar-refractivity contribution is 6.34. The zero-order valence-electron chi connectivity index (χ0n) is 16.3. The van der Waals surface area contributed by atoms with Crippen LogP contribution in [0.1, 0.15) is 20.8 Å². The number of benzene rings is 2. The number of hydrogen-bond acceptors (Lipinski definition) is 4. The Morgan fingerprint density at radius 3 is 2.41 bits per heavy atom. The number of fused-ring (bicyclic) bond motifs is 1. The van der Waals surface area contributed by atoms with E-state index in [1.54, 1.807) is 18.2 Å². The number of aromatic nitrogens is 3. The Bertz CT molecular complexity index is 1210. The van der Waals surface area contributed by atoms with Crippen LogP contribution in [0.5, 0.6) is 11.5 Å². The van der Waals surface area contributed by atoms with Crippen molar-refractivity contribution in [2.24, 2.45) is 0 Å². The Labute approximate surface area is 179 Å². The average Bonchev–Trinajstić information content (AvgIpc) is 3.03. The van der Waals surface area contributed by atoms with E-state index in [1.165, 1.54) is 6.33 Å². The number of nitrogens with two attached hydrogens (primary N) is 1. The van der Waals surface area contributed by atoms with Crippen molar-refractivity contribution in [2.75, 3.05) is 5.73 Å². The highest BCUT2D eigenvalue weighted by atomic mass is 35.5. The van der Waals surface area contributed by atoms with Crippen molar-refractivity contribution >= 4 is 40.1 Å². The third-order valence-electron chi connectivity index (χ3n) is 4.60. The van der Waals surface area contributed by atoms with Crippen molar-refractivity contribution in [1.29, 1.82) is 0 Å². The molecule has 0 radical (unpaired) electrons. The molecule has 7 heteroatoms. The molecule has 0 aliphatic heterocycles. The van der Waals surface area contributed by atoms with Crippen molar-refractivity contribution in [3.63, 3.8) is 0 Å². The first-order valence-corrected chi connectivity index (χ1v) is 9.85. The van der Waals surface area contributed by atoms with Gasteiger partial charge in [0.1, 0.15) is 29.3 Å². The zero-order chi connectivity index (χ0) is 20.8. The molecular weight excluding hydrogens is 407 g/mol. The first-order valence-electron chi connectivity index (χ1n) is 9.09. The number of halogens is 2. The maximum absolute atomic E-state index is 6.64. The largest absolute Gasteiger partial charge is 0.457 e. The molecule has 0 atom stereocenters. The average molecular weight is 427 g/mol. The third-order valence-corrected chi connectivity index (χ3v) is 5.15. The second-order valence-electron chi connectivity index (χ2n) is 7.74. The Morgan fingerprint density at radius 1 is 0.966 bits per heavy atom. The topological polar surface area (TPSA) is 66.0 Å². The van der Waals surface area contributed by atoms with Crippen LogP contribution >= 0.6 is 23.2 Å². The minimum Gasteiger partial charge on any atom is -0.457 e. The summed E-state index contributed by atoms with van der Waals surface area (Å²) in [7, 11) is 0. The number of nitrogens with zero attached hydrogens (tertiary/aromatic N) is 3. The smallest absolute Gasteiger partial charge is 0.146 e. The van der Waals surface area contributed by atoms with Crippen LogP contribution in [0.2, 0.25) is 10.0 Å². The third kappa shape index (κ3) is 3.76. The van der Waals surface area contributed by atoms with Crippen molar-refractivity contribution in [1.82, 2.24) is 14.5 Å². The standard InChI is InChI=1S/C22H20Cl2N4O/c1-22(2,3)28-11-17(19-20(25)26-12-27-21(19)28)16-8-7-15(10-18(16)24)29-14-6-4-5-13(23)9-14/h4-12H,1-3H3,(H2,25,26,27). The SMILES string of the molecule is CC(C)(C)n1cc(-c2ccc(Oc3cccc(Cl)c3)cc2Cl)c2c(N)ncnc21. The predicted octanol–water partition coefficient (Wildman–Crippen LogP) is 6.53. The molecule has 4 rings (SSSR count). The molecule has 0 saturated carbocycles. The summed E-state index contributed by atoms with van der Waals surface area (Å²) < 4.78 is 7.96. The Hall–Kier alpha value is -2.76. The van der Waals surface area contributed by atoms with Crippen LogP contribution in [0, 0.1) is 0 Å².